The van der Waals surface area contributed by atoms with Gasteiger partial charge in [-0.2, -0.15) is 0 Å². The number of nitrogens with one attached hydrogen (secondary N) is 2. The van der Waals surface area contributed by atoms with Gasteiger partial charge in [0.2, 0.25) is 11.8 Å². The molecule has 0 radical (unpaired) electrons. The predicted octanol–water partition coefficient (Wildman–Crippen LogP) is 0.101. The van der Waals surface area contributed by atoms with Gasteiger partial charge in [-0.15, -0.1) is 0 Å². The van der Waals surface area contributed by atoms with Gasteiger partial charge in [0.05, 0.1) is 6.54 Å². The summed E-state index contributed by atoms with van der Waals surface area (Å²) in [5.41, 5.74) is 1.00. The van der Waals surface area contributed by atoms with Crippen LogP contribution in [-0.4, -0.2) is 60.4 Å². The molecule has 0 aliphatic carbocycles. The van der Waals surface area contributed by atoms with Gasteiger partial charge in [0, 0.05) is 38.6 Å². The Hall–Kier alpha value is -2.41. The molecule has 0 saturated carbocycles. The van der Waals surface area contributed by atoms with E-state index in [1.54, 1.807) is 0 Å². The van der Waals surface area contributed by atoms with Crippen molar-refractivity contribution in [3.63, 3.8) is 0 Å². The average Bonchev–Trinajstić information content (AvgIpc) is 2.90. The second-order valence-electron chi connectivity index (χ2n) is 5.73. The summed E-state index contributed by atoms with van der Waals surface area (Å²) in [6.07, 6.45) is 0.309. The van der Waals surface area contributed by atoms with Gasteiger partial charge in [0.15, 0.2) is 0 Å². The fourth-order valence-corrected chi connectivity index (χ4v) is 3.03. The molecule has 2 aliphatic rings. The fourth-order valence-electron chi connectivity index (χ4n) is 3.03. The first kappa shape index (κ1) is 15.5. The van der Waals surface area contributed by atoms with Gasteiger partial charge in [-0.3, -0.25) is 19.4 Å². The zero-order valence-corrected chi connectivity index (χ0v) is 12.8. The number of carbonyl (C=O) groups is 3. The molecule has 0 aromatic heterocycles. The van der Waals surface area contributed by atoms with E-state index in [4.69, 9.17) is 0 Å². The van der Waals surface area contributed by atoms with Crippen LogP contribution < -0.4 is 10.6 Å². The van der Waals surface area contributed by atoms with Crippen LogP contribution in [0.1, 0.15) is 18.0 Å². The summed E-state index contributed by atoms with van der Waals surface area (Å²) in [6.45, 7) is 2.10. The summed E-state index contributed by atoms with van der Waals surface area (Å²) < 4.78 is 0. The summed E-state index contributed by atoms with van der Waals surface area (Å²) in [4.78, 5) is 39.2. The minimum absolute atomic E-state index is 0.0206. The molecule has 2 saturated heterocycles. The molecule has 1 aromatic carbocycles. The Kier molecular flexibility index (Phi) is 4.57. The highest BCUT2D eigenvalue weighted by Gasteiger charge is 2.32. The first-order valence-corrected chi connectivity index (χ1v) is 7.79. The molecule has 2 aliphatic heterocycles. The molecule has 1 atom stereocenters. The monoisotopic (exact) mass is 316 g/mol. The van der Waals surface area contributed by atoms with Gasteiger partial charge in [-0.25, -0.2) is 4.79 Å². The maximum Gasteiger partial charge on any atom is 0.324 e. The van der Waals surface area contributed by atoms with E-state index < -0.39 is 0 Å². The van der Waals surface area contributed by atoms with E-state index in [1.807, 2.05) is 35.2 Å². The molecule has 3 rings (SSSR count). The largest absolute Gasteiger partial charge is 0.355 e. The standard InChI is InChI=1S/C16H20N4O3/c21-14-10-13(12-4-2-1-3-5-12)19(8-6-17-14)11-15(22)20-9-7-18-16(20)23/h1-5,13H,6-11H2,(H,17,21)(H,18,23). The van der Waals surface area contributed by atoms with Crippen molar-refractivity contribution >= 4 is 17.8 Å². The third-order valence-corrected chi connectivity index (χ3v) is 4.22. The van der Waals surface area contributed by atoms with Crippen molar-refractivity contribution in [1.82, 2.24) is 20.4 Å². The summed E-state index contributed by atoms with van der Waals surface area (Å²) in [5.74, 6) is -0.247. The van der Waals surface area contributed by atoms with Crippen molar-refractivity contribution in [2.45, 2.75) is 12.5 Å². The zero-order chi connectivity index (χ0) is 16.2. The number of urea groups is 1. The highest BCUT2D eigenvalue weighted by molar-refractivity contribution is 5.96. The van der Waals surface area contributed by atoms with Crippen LogP contribution in [0.2, 0.25) is 0 Å². The zero-order valence-electron chi connectivity index (χ0n) is 12.8. The number of hydrogen-bond donors (Lipinski definition) is 2. The number of imide groups is 1. The second-order valence-corrected chi connectivity index (χ2v) is 5.73. The number of nitrogens with zero attached hydrogens (tertiary/aromatic N) is 2. The van der Waals surface area contributed by atoms with E-state index in [1.165, 1.54) is 4.90 Å². The van der Waals surface area contributed by atoms with Crippen molar-refractivity contribution in [2.24, 2.45) is 0 Å². The normalized spacial score (nSPS) is 22.4. The van der Waals surface area contributed by atoms with Crippen LogP contribution in [0.25, 0.3) is 0 Å². The van der Waals surface area contributed by atoms with Crippen LogP contribution in [0.15, 0.2) is 30.3 Å². The minimum atomic E-state index is -0.338. The van der Waals surface area contributed by atoms with Gasteiger partial charge in [-0.1, -0.05) is 30.3 Å². The van der Waals surface area contributed by atoms with Gasteiger partial charge >= 0.3 is 6.03 Å². The van der Waals surface area contributed by atoms with Gasteiger partial charge < -0.3 is 10.6 Å². The number of amides is 4. The van der Waals surface area contributed by atoms with Crippen LogP contribution in [-0.2, 0) is 9.59 Å². The van der Waals surface area contributed by atoms with Crippen molar-refractivity contribution in [1.29, 1.82) is 0 Å². The molecular formula is C16H20N4O3. The third-order valence-electron chi connectivity index (χ3n) is 4.22. The summed E-state index contributed by atoms with van der Waals surface area (Å²) in [6, 6.07) is 9.19. The van der Waals surface area contributed by atoms with E-state index in [-0.39, 0.29) is 30.4 Å². The first-order chi connectivity index (χ1) is 11.1. The lowest BCUT2D eigenvalue weighted by Crippen LogP contribution is -2.43. The van der Waals surface area contributed by atoms with Crippen molar-refractivity contribution in [3.8, 4) is 0 Å². The lowest BCUT2D eigenvalue weighted by molar-refractivity contribution is -0.130. The lowest BCUT2D eigenvalue weighted by Gasteiger charge is -2.29. The van der Waals surface area contributed by atoms with Crippen LogP contribution in [0, 0.1) is 0 Å². The number of benzene rings is 1. The Morgan fingerprint density at radius 2 is 1.83 bits per heavy atom. The molecule has 122 valence electrons. The van der Waals surface area contributed by atoms with Crippen molar-refractivity contribution in [3.05, 3.63) is 35.9 Å². The van der Waals surface area contributed by atoms with Crippen LogP contribution in [0.4, 0.5) is 4.79 Å². The van der Waals surface area contributed by atoms with E-state index in [0.717, 1.165) is 5.56 Å². The summed E-state index contributed by atoms with van der Waals surface area (Å²) >= 11 is 0. The van der Waals surface area contributed by atoms with Gasteiger partial charge in [-0.05, 0) is 5.56 Å². The Morgan fingerprint density at radius 1 is 1.09 bits per heavy atom. The molecule has 4 amide bonds. The smallest absolute Gasteiger partial charge is 0.324 e. The van der Waals surface area contributed by atoms with Crippen molar-refractivity contribution in [2.75, 3.05) is 32.7 Å². The Bertz CT molecular complexity index is 605. The topological polar surface area (TPSA) is 81.8 Å². The second kappa shape index (κ2) is 6.78. The molecule has 2 fully saturated rings. The van der Waals surface area contributed by atoms with Crippen LogP contribution >= 0.6 is 0 Å². The highest BCUT2D eigenvalue weighted by Crippen LogP contribution is 2.25. The molecular weight excluding hydrogens is 296 g/mol. The minimum Gasteiger partial charge on any atom is -0.355 e. The Balaban J connectivity index is 1.77. The predicted molar refractivity (Wildman–Crippen MR) is 83.5 cm³/mol. The molecule has 1 aromatic rings. The third kappa shape index (κ3) is 3.50. The molecule has 2 heterocycles. The number of rotatable bonds is 3. The maximum atomic E-state index is 12.4. The molecule has 1 unspecified atom stereocenters. The van der Waals surface area contributed by atoms with Crippen LogP contribution in [0.3, 0.4) is 0 Å². The molecule has 0 spiro atoms. The number of hydrogen-bond acceptors (Lipinski definition) is 4. The lowest BCUT2D eigenvalue weighted by atomic mass is 10.0. The Morgan fingerprint density at radius 3 is 2.52 bits per heavy atom. The molecule has 2 N–H and O–H groups in total. The quantitative estimate of drug-likeness (QED) is 0.829. The maximum absolute atomic E-state index is 12.4. The summed E-state index contributed by atoms with van der Waals surface area (Å²) in [7, 11) is 0. The molecule has 23 heavy (non-hydrogen) atoms. The molecule has 7 heteroatoms. The number of carbonyl (C=O) groups excluding carboxylic acids is 3. The van der Waals surface area contributed by atoms with E-state index in [9.17, 15) is 14.4 Å². The highest BCUT2D eigenvalue weighted by atomic mass is 16.2. The van der Waals surface area contributed by atoms with E-state index in [0.29, 0.717) is 32.6 Å². The van der Waals surface area contributed by atoms with Gasteiger partial charge in [0.1, 0.15) is 0 Å². The SMILES string of the molecule is O=C1CC(c2ccccc2)N(CC(=O)N2CCNC2=O)CCN1. The van der Waals surface area contributed by atoms with Crippen LogP contribution in [0.5, 0.6) is 0 Å². The Labute approximate surface area is 134 Å². The summed E-state index contributed by atoms with van der Waals surface area (Å²) in [5, 5.41) is 5.47. The first-order valence-electron chi connectivity index (χ1n) is 7.79. The fraction of sp³-hybridized carbons (Fsp3) is 0.438. The molecule has 0 bridgehead atoms. The van der Waals surface area contributed by atoms with E-state index >= 15 is 0 Å². The molecule has 7 nitrogen and oxygen atoms in total. The van der Waals surface area contributed by atoms with Gasteiger partial charge in [0.25, 0.3) is 0 Å². The van der Waals surface area contributed by atoms with Crippen molar-refractivity contribution < 1.29 is 14.4 Å². The average molecular weight is 316 g/mol. The van der Waals surface area contributed by atoms with E-state index in [2.05, 4.69) is 10.6 Å².